The maximum Gasteiger partial charge on any atom is 0.326 e. The van der Waals surface area contributed by atoms with Crippen LogP contribution >= 0.6 is 12.6 Å². The molecule has 0 saturated carbocycles. The summed E-state index contributed by atoms with van der Waals surface area (Å²) in [6, 6.07) is -3.65. The van der Waals surface area contributed by atoms with Crippen molar-refractivity contribution in [1.82, 2.24) is 16.0 Å². The average molecular weight is 392 g/mol. The summed E-state index contributed by atoms with van der Waals surface area (Å²) >= 11 is 3.90. The van der Waals surface area contributed by atoms with Gasteiger partial charge in [0.15, 0.2) is 0 Å². The molecular weight excluding hydrogens is 368 g/mol. The maximum atomic E-state index is 12.0. The van der Waals surface area contributed by atoms with E-state index in [1.807, 2.05) is 5.32 Å². The Morgan fingerprint density at radius 1 is 1.00 bits per heavy atom. The molecule has 0 radical (unpaired) electrons. The van der Waals surface area contributed by atoms with Crippen molar-refractivity contribution in [2.45, 2.75) is 38.4 Å². The summed E-state index contributed by atoms with van der Waals surface area (Å²) in [7, 11) is 0. The first-order valence-corrected chi connectivity index (χ1v) is 8.31. The SMILES string of the molecule is CC(C)C(N)C(=O)NCC(=O)NC(CS)C(=O)NC(CC(=O)O)C(=O)O. The van der Waals surface area contributed by atoms with E-state index in [4.69, 9.17) is 15.9 Å². The highest BCUT2D eigenvalue weighted by Crippen LogP contribution is 1.98. The molecule has 0 rings (SSSR count). The summed E-state index contributed by atoms with van der Waals surface area (Å²) in [4.78, 5) is 57.1. The minimum Gasteiger partial charge on any atom is -0.481 e. The van der Waals surface area contributed by atoms with E-state index < -0.39 is 60.8 Å². The van der Waals surface area contributed by atoms with Crippen LogP contribution in [0.2, 0.25) is 0 Å². The Kier molecular flexibility index (Phi) is 10.3. The topological polar surface area (TPSA) is 188 Å². The van der Waals surface area contributed by atoms with E-state index in [9.17, 15) is 24.0 Å². The van der Waals surface area contributed by atoms with Gasteiger partial charge in [-0.1, -0.05) is 13.8 Å². The minimum absolute atomic E-state index is 0.129. The molecule has 12 heteroatoms. The Balaban J connectivity index is 4.65. The zero-order valence-corrected chi connectivity index (χ0v) is 15.3. The molecule has 0 aliphatic carbocycles. The third-order valence-electron chi connectivity index (χ3n) is 3.27. The number of hydrogen-bond donors (Lipinski definition) is 7. The molecule has 0 saturated heterocycles. The lowest BCUT2D eigenvalue weighted by Gasteiger charge is -2.20. The minimum atomic E-state index is -1.65. The fourth-order valence-electron chi connectivity index (χ4n) is 1.67. The zero-order valence-electron chi connectivity index (χ0n) is 14.4. The molecule has 0 heterocycles. The predicted octanol–water partition coefficient (Wildman–Crippen LogP) is -2.46. The Hall–Kier alpha value is -2.34. The Bertz CT molecular complexity index is 555. The van der Waals surface area contributed by atoms with E-state index in [0.29, 0.717) is 0 Å². The van der Waals surface area contributed by atoms with Gasteiger partial charge in [-0.2, -0.15) is 12.6 Å². The van der Waals surface area contributed by atoms with Gasteiger partial charge >= 0.3 is 11.9 Å². The molecule has 0 aromatic rings. The number of hydrogen-bond acceptors (Lipinski definition) is 7. The first-order chi connectivity index (χ1) is 12.0. The zero-order chi connectivity index (χ0) is 20.4. The van der Waals surface area contributed by atoms with Crippen LogP contribution in [0.25, 0.3) is 0 Å². The van der Waals surface area contributed by atoms with Crippen molar-refractivity contribution in [3.05, 3.63) is 0 Å². The van der Waals surface area contributed by atoms with E-state index in [1.165, 1.54) is 0 Å². The number of carboxylic acid groups (broad SMARTS) is 2. The fraction of sp³-hybridized carbons (Fsp3) is 0.643. The van der Waals surface area contributed by atoms with Gasteiger partial charge in [0, 0.05) is 5.75 Å². The van der Waals surface area contributed by atoms with Crippen molar-refractivity contribution in [2.75, 3.05) is 12.3 Å². The van der Waals surface area contributed by atoms with Crippen LogP contribution in [0.5, 0.6) is 0 Å². The van der Waals surface area contributed by atoms with Crippen molar-refractivity contribution in [2.24, 2.45) is 11.7 Å². The van der Waals surface area contributed by atoms with Gasteiger partial charge in [0.1, 0.15) is 12.1 Å². The normalized spacial score (nSPS) is 14.0. The highest BCUT2D eigenvalue weighted by molar-refractivity contribution is 7.80. The summed E-state index contributed by atoms with van der Waals surface area (Å²) < 4.78 is 0. The quantitative estimate of drug-likeness (QED) is 0.189. The highest BCUT2D eigenvalue weighted by Gasteiger charge is 2.27. The lowest BCUT2D eigenvalue weighted by atomic mass is 10.1. The summed E-state index contributed by atoms with van der Waals surface area (Å²) in [5, 5.41) is 24.1. The van der Waals surface area contributed by atoms with Gasteiger partial charge in [-0.15, -0.1) is 0 Å². The van der Waals surface area contributed by atoms with Crippen LogP contribution in [0.1, 0.15) is 20.3 Å². The highest BCUT2D eigenvalue weighted by atomic mass is 32.1. The molecule has 0 aromatic carbocycles. The molecule has 0 aromatic heterocycles. The molecule has 0 fully saturated rings. The molecule has 3 unspecified atom stereocenters. The second kappa shape index (κ2) is 11.3. The Morgan fingerprint density at radius 3 is 2.00 bits per heavy atom. The summed E-state index contributed by atoms with van der Waals surface area (Å²) in [6.07, 6.45) is -0.822. The van der Waals surface area contributed by atoms with Gasteiger partial charge in [0.2, 0.25) is 17.7 Å². The first-order valence-electron chi connectivity index (χ1n) is 7.68. The Labute approximate surface area is 155 Å². The van der Waals surface area contributed by atoms with Crippen molar-refractivity contribution in [1.29, 1.82) is 0 Å². The smallest absolute Gasteiger partial charge is 0.326 e. The number of thiol groups is 1. The number of aliphatic carboxylic acids is 2. The second-order valence-electron chi connectivity index (χ2n) is 5.79. The average Bonchev–Trinajstić information content (AvgIpc) is 2.55. The third kappa shape index (κ3) is 8.67. The molecule has 0 aliphatic rings. The fourth-order valence-corrected chi connectivity index (χ4v) is 1.93. The lowest BCUT2D eigenvalue weighted by molar-refractivity contribution is -0.147. The maximum absolute atomic E-state index is 12.0. The van der Waals surface area contributed by atoms with Crippen LogP contribution in [0.4, 0.5) is 0 Å². The summed E-state index contributed by atoms with van der Waals surface area (Å²) in [6.45, 7) is 3.04. The van der Waals surface area contributed by atoms with Gasteiger partial charge in [0.25, 0.3) is 0 Å². The van der Waals surface area contributed by atoms with Crippen LogP contribution in [0.3, 0.4) is 0 Å². The monoisotopic (exact) mass is 392 g/mol. The van der Waals surface area contributed by atoms with E-state index in [-0.39, 0.29) is 11.7 Å². The van der Waals surface area contributed by atoms with Gasteiger partial charge in [-0.05, 0) is 5.92 Å². The van der Waals surface area contributed by atoms with Gasteiger partial charge < -0.3 is 31.9 Å². The van der Waals surface area contributed by atoms with E-state index in [2.05, 4.69) is 23.3 Å². The predicted molar refractivity (Wildman–Crippen MR) is 93.4 cm³/mol. The largest absolute Gasteiger partial charge is 0.481 e. The van der Waals surface area contributed by atoms with E-state index >= 15 is 0 Å². The van der Waals surface area contributed by atoms with Gasteiger partial charge in [-0.3, -0.25) is 19.2 Å². The number of carbonyl (C=O) groups excluding carboxylic acids is 3. The second-order valence-corrected chi connectivity index (χ2v) is 6.15. The molecule has 0 bridgehead atoms. The number of nitrogens with two attached hydrogens (primary N) is 1. The van der Waals surface area contributed by atoms with Crippen molar-refractivity contribution in [3.63, 3.8) is 0 Å². The summed E-state index contributed by atoms with van der Waals surface area (Å²) in [5.41, 5.74) is 5.62. The van der Waals surface area contributed by atoms with Crippen LogP contribution in [-0.2, 0) is 24.0 Å². The Morgan fingerprint density at radius 2 is 1.58 bits per heavy atom. The number of rotatable bonds is 11. The summed E-state index contributed by atoms with van der Waals surface area (Å²) in [5.74, 6) is -5.39. The molecule has 7 N–H and O–H groups in total. The van der Waals surface area contributed by atoms with Crippen molar-refractivity contribution in [3.8, 4) is 0 Å². The van der Waals surface area contributed by atoms with E-state index in [1.54, 1.807) is 13.8 Å². The molecule has 0 spiro atoms. The molecule has 3 atom stereocenters. The molecule has 26 heavy (non-hydrogen) atoms. The molecular formula is C14H24N4O7S. The standard InChI is InChI=1S/C14H24N4O7S/c1-6(2)11(15)13(23)16-4-9(19)17-8(5-26)12(22)18-7(14(24)25)3-10(20)21/h6-8,11,26H,3-5,15H2,1-2H3,(H,16,23)(H,17,19)(H,18,22)(H,20,21)(H,24,25). The lowest BCUT2D eigenvalue weighted by Crippen LogP contribution is -2.55. The van der Waals surface area contributed by atoms with Crippen LogP contribution in [0.15, 0.2) is 0 Å². The third-order valence-corrected chi connectivity index (χ3v) is 3.64. The van der Waals surface area contributed by atoms with Gasteiger partial charge in [-0.25, -0.2) is 4.79 Å². The van der Waals surface area contributed by atoms with E-state index in [0.717, 1.165) is 0 Å². The number of amides is 3. The van der Waals surface area contributed by atoms with Crippen LogP contribution < -0.4 is 21.7 Å². The number of carboxylic acids is 2. The van der Waals surface area contributed by atoms with Gasteiger partial charge in [0.05, 0.1) is 19.0 Å². The molecule has 11 nitrogen and oxygen atoms in total. The van der Waals surface area contributed by atoms with Crippen LogP contribution in [0, 0.1) is 5.92 Å². The molecule has 148 valence electrons. The van der Waals surface area contributed by atoms with Crippen molar-refractivity contribution >= 4 is 42.3 Å². The number of carbonyl (C=O) groups is 5. The number of nitrogens with one attached hydrogen (secondary N) is 3. The first kappa shape index (κ1) is 23.7. The molecule has 0 aliphatic heterocycles. The van der Waals surface area contributed by atoms with Crippen LogP contribution in [-0.4, -0.2) is 70.3 Å². The molecule has 3 amide bonds. The van der Waals surface area contributed by atoms with Crippen molar-refractivity contribution < 1.29 is 34.2 Å².